The van der Waals surface area contributed by atoms with E-state index in [0.29, 0.717) is 6.42 Å². The Kier molecular flexibility index (Phi) is 3.82. The van der Waals surface area contributed by atoms with Crippen LogP contribution in [0.2, 0.25) is 0 Å². The topological polar surface area (TPSA) is 124 Å². The first-order valence-electron chi connectivity index (χ1n) is 9.58. The molecule has 0 unspecified atom stereocenters. The monoisotopic (exact) mass is 380 g/mol. The summed E-state index contributed by atoms with van der Waals surface area (Å²) in [5.74, 6) is -2.89. The minimum atomic E-state index is -1.61. The van der Waals surface area contributed by atoms with Crippen molar-refractivity contribution in [1.82, 2.24) is 0 Å². The quantitative estimate of drug-likeness (QED) is 0.434. The third-order valence-corrected chi connectivity index (χ3v) is 8.54. The van der Waals surface area contributed by atoms with Crippen LogP contribution in [0.3, 0.4) is 0 Å². The Morgan fingerprint density at radius 2 is 1.78 bits per heavy atom. The highest BCUT2D eigenvalue weighted by Gasteiger charge is 2.77. The molecule has 3 aliphatic carbocycles. The maximum Gasteiger partial charge on any atom is 0.309 e. The van der Waals surface area contributed by atoms with Crippen molar-refractivity contribution in [2.45, 2.75) is 70.6 Å². The van der Waals surface area contributed by atoms with Gasteiger partial charge in [0.1, 0.15) is 12.2 Å². The van der Waals surface area contributed by atoms with Gasteiger partial charge in [-0.15, -0.1) is 0 Å². The standard InChI is InChI=1S/C20H28O7/c1-8-5-11(21)17(25)18(3)10(8)6-12-19(4)16(18)15(24)14(23)9(2)20(19,26)7-13(22)27-12/h5,9-10,12,14-17,23-26H,6-7H2,1-4H3/t9-,10-,12+,14-,15-,16+,17+,18-,19+,20+/m0/s1. The number of carbonyl (C=O) groups is 2. The zero-order valence-corrected chi connectivity index (χ0v) is 16.0. The van der Waals surface area contributed by atoms with Gasteiger partial charge in [0, 0.05) is 22.7 Å². The number of ketones is 1. The van der Waals surface area contributed by atoms with Gasteiger partial charge < -0.3 is 25.2 Å². The molecule has 150 valence electrons. The van der Waals surface area contributed by atoms with Gasteiger partial charge in [0.15, 0.2) is 5.78 Å². The van der Waals surface area contributed by atoms with Crippen molar-refractivity contribution in [3.63, 3.8) is 0 Å². The van der Waals surface area contributed by atoms with E-state index in [-0.39, 0.29) is 12.3 Å². The second-order valence-corrected chi connectivity index (χ2v) is 9.46. The van der Waals surface area contributed by atoms with E-state index in [2.05, 4.69) is 0 Å². The highest BCUT2D eigenvalue weighted by atomic mass is 16.6. The molecular formula is C20H28O7. The van der Waals surface area contributed by atoms with Gasteiger partial charge in [-0.2, -0.15) is 0 Å². The molecule has 1 heterocycles. The van der Waals surface area contributed by atoms with Crippen LogP contribution in [0.5, 0.6) is 0 Å². The van der Waals surface area contributed by atoms with E-state index < -0.39 is 64.4 Å². The zero-order chi connectivity index (χ0) is 20.1. The van der Waals surface area contributed by atoms with Crippen LogP contribution in [0.15, 0.2) is 11.6 Å². The smallest absolute Gasteiger partial charge is 0.309 e. The maximum absolute atomic E-state index is 12.5. The predicted octanol–water partition coefficient (Wildman–Crippen LogP) is -0.0569. The molecule has 7 nitrogen and oxygen atoms in total. The second kappa shape index (κ2) is 5.41. The lowest BCUT2D eigenvalue weighted by molar-refractivity contribution is -0.336. The molecule has 3 fully saturated rings. The van der Waals surface area contributed by atoms with Crippen LogP contribution >= 0.6 is 0 Å². The molecule has 0 spiro atoms. The van der Waals surface area contributed by atoms with E-state index in [1.807, 2.05) is 0 Å². The van der Waals surface area contributed by atoms with Gasteiger partial charge in [0.25, 0.3) is 0 Å². The molecule has 0 radical (unpaired) electrons. The Bertz CT molecular complexity index is 747. The van der Waals surface area contributed by atoms with E-state index >= 15 is 0 Å². The predicted molar refractivity (Wildman–Crippen MR) is 93.2 cm³/mol. The fourth-order valence-corrected chi connectivity index (χ4v) is 7.00. The van der Waals surface area contributed by atoms with E-state index in [9.17, 15) is 30.0 Å². The van der Waals surface area contributed by atoms with E-state index in [0.717, 1.165) is 5.57 Å². The first kappa shape index (κ1) is 19.1. The van der Waals surface area contributed by atoms with E-state index in [1.54, 1.807) is 27.7 Å². The van der Waals surface area contributed by atoms with E-state index in [1.165, 1.54) is 6.08 Å². The van der Waals surface area contributed by atoms with Crippen LogP contribution in [-0.2, 0) is 14.3 Å². The van der Waals surface area contributed by atoms with Crippen molar-refractivity contribution in [3.05, 3.63) is 11.6 Å². The van der Waals surface area contributed by atoms with Gasteiger partial charge >= 0.3 is 5.97 Å². The van der Waals surface area contributed by atoms with Gasteiger partial charge in [-0.1, -0.05) is 26.3 Å². The van der Waals surface area contributed by atoms with Crippen LogP contribution in [0.4, 0.5) is 0 Å². The van der Waals surface area contributed by atoms with Crippen LogP contribution < -0.4 is 0 Å². The summed E-state index contributed by atoms with van der Waals surface area (Å²) in [6.45, 7) is 6.91. The number of aliphatic hydroxyl groups is 4. The summed E-state index contributed by atoms with van der Waals surface area (Å²) in [4.78, 5) is 24.7. The molecule has 10 atom stereocenters. The summed E-state index contributed by atoms with van der Waals surface area (Å²) in [5, 5.41) is 44.4. The highest BCUT2D eigenvalue weighted by molar-refractivity contribution is 5.96. The van der Waals surface area contributed by atoms with Crippen molar-refractivity contribution < 1.29 is 34.8 Å². The lowest BCUT2D eigenvalue weighted by atomic mass is 9.37. The van der Waals surface area contributed by atoms with Crippen LogP contribution in [0.1, 0.15) is 40.5 Å². The molecule has 0 aromatic carbocycles. The van der Waals surface area contributed by atoms with Crippen molar-refractivity contribution in [2.75, 3.05) is 0 Å². The molecule has 4 rings (SSSR count). The fraction of sp³-hybridized carbons (Fsp3) is 0.800. The van der Waals surface area contributed by atoms with E-state index in [4.69, 9.17) is 4.74 Å². The molecule has 0 bridgehead atoms. The number of carbonyl (C=O) groups excluding carboxylic acids is 2. The zero-order valence-electron chi connectivity index (χ0n) is 16.0. The number of hydrogen-bond donors (Lipinski definition) is 4. The Hall–Kier alpha value is -1.28. The third kappa shape index (κ3) is 1.96. The van der Waals surface area contributed by atoms with Gasteiger partial charge in [-0.25, -0.2) is 0 Å². The van der Waals surface area contributed by atoms with Gasteiger partial charge in [0.2, 0.25) is 0 Å². The summed E-state index contributed by atoms with van der Waals surface area (Å²) in [6, 6.07) is 0. The average molecular weight is 380 g/mol. The number of fused-ring (bicyclic) bond motifs is 2. The number of allylic oxidation sites excluding steroid dienone is 1. The molecule has 1 saturated heterocycles. The fourth-order valence-electron chi connectivity index (χ4n) is 7.00. The van der Waals surface area contributed by atoms with Crippen molar-refractivity contribution in [3.8, 4) is 0 Å². The summed E-state index contributed by atoms with van der Waals surface area (Å²) in [6.07, 6.45) is -3.15. The van der Waals surface area contributed by atoms with Crippen molar-refractivity contribution >= 4 is 11.8 Å². The second-order valence-electron chi connectivity index (χ2n) is 9.46. The number of ether oxygens (including phenoxy) is 1. The largest absolute Gasteiger partial charge is 0.462 e. The maximum atomic E-state index is 12.5. The molecular weight excluding hydrogens is 352 g/mol. The molecule has 0 amide bonds. The Morgan fingerprint density at radius 3 is 2.41 bits per heavy atom. The average Bonchev–Trinajstić information content (AvgIpc) is 2.58. The van der Waals surface area contributed by atoms with Crippen LogP contribution in [-0.4, -0.2) is 62.2 Å². The Morgan fingerprint density at radius 1 is 1.15 bits per heavy atom. The molecule has 0 aromatic heterocycles. The molecule has 7 heteroatoms. The number of hydrogen-bond acceptors (Lipinski definition) is 7. The molecule has 4 N–H and O–H groups in total. The molecule has 4 aliphatic rings. The van der Waals surface area contributed by atoms with Crippen molar-refractivity contribution in [2.24, 2.45) is 28.6 Å². The van der Waals surface area contributed by atoms with Gasteiger partial charge in [-0.05, 0) is 25.3 Å². The summed E-state index contributed by atoms with van der Waals surface area (Å²) in [5.41, 5.74) is -3.06. The summed E-state index contributed by atoms with van der Waals surface area (Å²) >= 11 is 0. The normalized spacial score (nSPS) is 57.3. The Labute approximate surface area is 158 Å². The minimum absolute atomic E-state index is 0.291. The van der Waals surface area contributed by atoms with Gasteiger partial charge in [0.05, 0.1) is 24.2 Å². The molecule has 0 aromatic rings. The van der Waals surface area contributed by atoms with Crippen molar-refractivity contribution in [1.29, 1.82) is 0 Å². The number of esters is 1. The SMILES string of the molecule is CC1=CC(=O)[C@@H](O)[C@]2(C)[C@H]3[C@@H](O)[C@@H](O)[C@H](C)[C@]4(O)CC(=O)O[C@H](C[C@@H]12)[C@]34C. The third-order valence-electron chi connectivity index (χ3n) is 8.54. The first-order valence-corrected chi connectivity index (χ1v) is 9.58. The lowest BCUT2D eigenvalue weighted by Crippen LogP contribution is -2.80. The first-order chi connectivity index (χ1) is 12.4. The van der Waals surface area contributed by atoms with Crippen LogP contribution in [0, 0.1) is 28.6 Å². The minimum Gasteiger partial charge on any atom is -0.462 e. The van der Waals surface area contributed by atoms with Crippen LogP contribution in [0.25, 0.3) is 0 Å². The molecule has 1 aliphatic heterocycles. The van der Waals surface area contributed by atoms with Gasteiger partial charge in [-0.3, -0.25) is 9.59 Å². The lowest BCUT2D eigenvalue weighted by Gasteiger charge is -2.71. The number of aliphatic hydroxyl groups excluding tert-OH is 3. The molecule has 27 heavy (non-hydrogen) atoms. The highest BCUT2D eigenvalue weighted by Crippen LogP contribution is 2.69. The number of rotatable bonds is 0. The molecule has 2 saturated carbocycles. The Balaban J connectivity index is 1.99. The summed E-state index contributed by atoms with van der Waals surface area (Å²) < 4.78 is 5.65. The summed E-state index contributed by atoms with van der Waals surface area (Å²) in [7, 11) is 0.